The van der Waals surface area contributed by atoms with Crippen molar-refractivity contribution >= 4 is 6.29 Å². The summed E-state index contributed by atoms with van der Waals surface area (Å²) in [5.74, 6) is 0.250. The summed E-state index contributed by atoms with van der Waals surface area (Å²) in [4.78, 5) is 10.2. The number of aldehydes is 1. The minimum atomic E-state index is -0.292. The van der Waals surface area contributed by atoms with Gasteiger partial charge in [0.15, 0.2) is 0 Å². The van der Waals surface area contributed by atoms with Gasteiger partial charge >= 0.3 is 0 Å². The largest absolute Gasteiger partial charge is 0.469 e. The smallest absolute Gasteiger partial charge is 0.219 e. The van der Waals surface area contributed by atoms with Gasteiger partial charge in [0, 0.05) is 6.42 Å². The van der Waals surface area contributed by atoms with Crippen LogP contribution in [-0.2, 0) is 14.3 Å². The standard InChI is InChI=1S/C10H14O3/c1-9(5-6-11)8-13-10-4-2-3-7-12-10/h2-4,6-7,9-10H,5,8H2,1H3. The van der Waals surface area contributed by atoms with E-state index in [2.05, 4.69) is 0 Å². The summed E-state index contributed by atoms with van der Waals surface area (Å²) in [6.45, 7) is 2.51. The van der Waals surface area contributed by atoms with Gasteiger partial charge in [-0.05, 0) is 18.1 Å². The summed E-state index contributed by atoms with van der Waals surface area (Å²) in [6.07, 6.45) is 8.24. The summed E-state index contributed by atoms with van der Waals surface area (Å²) in [7, 11) is 0. The molecule has 0 spiro atoms. The van der Waals surface area contributed by atoms with E-state index in [-0.39, 0.29) is 12.2 Å². The molecule has 3 heteroatoms. The number of carbonyl (C=O) groups excluding carboxylic acids is 1. The molecular formula is C10H14O3. The molecule has 1 rings (SSSR count). The van der Waals surface area contributed by atoms with Crippen LogP contribution in [0.5, 0.6) is 0 Å². The van der Waals surface area contributed by atoms with Crippen molar-refractivity contribution in [3.8, 4) is 0 Å². The molecule has 3 nitrogen and oxygen atoms in total. The first-order valence-electron chi connectivity index (χ1n) is 4.37. The Bertz CT molecular complexity index is 208. The van der Waals surface area contributed by atoms with Crippen molar-refractivity contribution < 1.29 is 14.3 Å². The van der Waals surface area contributed by atoms with E-state index in [0.29, 0.717) is 13.0 Å². The second kappa shape index (κ2) is 5.54. The Morgan fingerprint density at radius 3 is 3.08 bits per heavy atom. The van der Waals surface area contributed by atoms with Crippen LogP contribution in [-0.4, -0.2) is 19.2 Å². The number of carbonyl (C=O) groups is 1. The van der Waals surface area contributed by atoms with E-state index >= 15 is 0 Å². The molecular weight excluding hydrogens is 168 g/mol. The molecule has 0 fully saturated rings. The van der Waals surface area contributed by atoms with Gasteiger partial charge in [-0.3, -0.25) is 0 Å². The Morgan fingerprint density at radius 1 is 1.62 bits per heavy atom. The molecule has 1 aliphatic heterocycles. The first-order valence-corrected chi connectivity index (χ1v) is 4.37. The van der Waals surface area contributed by atoms with Gasteiger partial charge in [-0.25, -0.2) is 0 Å². The van der Waals surface area contributed by atoms with Crippen molar-refractivity contribution in [1.29, 1.82) is 0 Å². The van der Waals surface area contributed by atoms with Gasteiger partial charge in [-0.2, -0.15) is 0 Å². The second-order valence-corrected chi connectivity index (χ2v) is 3.06. The average molecular weight is 182 g/mol. The zero-order chi connectivity index (χ0) is 9.52. The third-order valence-electron chi connectivity index (χ3n) is 1.71. The highest BCUT2D eigenvalue weighted by atomic mass is 16.7. The molecule has 0 saturated heterocycles. The van der Waals surface area contributed by atoms with Gasteiger partial charge in [0.05, 0.1) is 12.9 Å². The highest BCUT2D eigenvalue weighted by Crippen LogP contribution is 2.07. The molecule has 2 atom stereocenters. The van der Waals surface area contributed by atoms with Crippen molar-refractivity contribution in [2.24, 2.45) is 5.92 Å². The van der Waals surface area contributed by atoms with Gasteiger partial charge < -0.3 is 14.3 Å². The fourth-order valence-electron chi connectivity index (χ4n) is 0.955. The highest BCUT2D eigenvalue weighted by molar-refractivity contribution is 5.49. The first kappa shape index (κ1) is 9.99. The number of ether oxygens (including phenoxy) is 2. The minimum absolute atomic E-state index is 0.250. The monoisotopic (exact) mass is 182 g/mol. The Labute approximate surface area is 78.0 Å². The van der Waals surface area contributed by atoms with Gasteiger partial charge in [0.2, 0.25) is 6.29 Å². The van der Waals surface area contributed by atoms with Gasteiger partial charge in [-0.15, -0.1) is 0 Å². The third-order valence-corrected chi connectivity index (χ3v) is 1.71. The molecule has 0 aromatic rings. The SMILES string of the molecule is CC(CC=O)COC1C=CC=CO1. The van der Waals surface area contributed by atoms with Crippen LogP contribution in [0.25, 0.3) is 0 Å². The van der Waals surface area contributed by atoms with E-state index < -0.39 is 0 Å². The lowest BCUT2D eigenvalue weighted by Crippen LogP contribution is -2.17. The van der Waals surface area contributed by atoms with E-state index in [4.69, 9.17) is 9.47 Å². The lowest BCUT2D eigenvalue weighted by Gasteiger charge is -2.17. The molecule has 1 aliphatic rings. The van der Waals surface area contributed by atoms with E-state index in [0.717, 1.165) is 6.29 Å². The Balaban J connectivity index is 2.14. The number of hydrogen-bond acceptors (Lipinski definition) is 3. The van der Waals surface area contributed by atoms with Crippen LogP contribution in [0.4, 0.5) is 0 Å². The topological polar surface area (TPSA) is 35.5 Å². The molecule has 1 heterocycles. The molecule has 13 heavy (non-hydrogen) atoms. The lowest BCUT2D eigenvalue weighted by atomic mass is 10.1. The predicted octanol–water partition coefficient (Wildman–Crippen LogP) is 1.65. The molecule has 2 unspecified atom stereocenters. The van der Waals surface area contributed by atoms with E-state index in [9.17, 15) is 4.79 Å². The Morgan fingerprint density at radius 2 is 2.46 bits per heavy atom. The van der Waals surface area contributed by atoms with E-state index in [1.165, 1.54) is 0 Å². The normalized spacial score (nSPS) is 22.4. The van der Waals surface area contributed by atoms with Gasteiger partial charge in [0.1, 0.15) is 6.29 Å². The predicted molar refractivity (Wildman–Crippen MR) is 49.0 cm³/mol. The van der Waals surface area contributed by atoms with Crippen LogP contribution in [0.3, 0.4) is 0 Å². The molecule has 0 saturated carbocycles. The molecule has 0 aromatic heterocycles. The van der Waals surface area contributed by atoms with Gasteiger partial charge in [-0.1, -0.05) is 13.0 Å². The molecule has 0 aliphatic carbocycles. The fraction of sp³-hybridized carbons (Fsp3) is 0.500. The number of rotatable bonds is 5. The third kappa shape index (κ3) is 3.90. The second-order valence-electron chi connectivity index (χ2n) is 3.06. The summed E-state index contributed by atoms with van der Waals surface area (Å²) >= 11 is 0. The van der Waals surface area contributed by atoms with Crippen LogP contribution >= 0.6 is 0 Å². The van der Waals surface area contributed by atoms with Crippen LogP contribution in [0, 0.1) is 5.92 Å². The van der Waals surface area contributed by atoms with Crippen LogP contribution < -0.4 is 0 Å². The van der Waals surface area contributed by atoms with E-state index in [1.54, 1.807) is 12.3 Å². The van der Waals surface area contributed by atoms with Gasteiger partial charge in [0.25, 0.3) is 0 Å². The summed E-state index contributed by atoms with van der Waals surface area (Å²) in [5.41, 5.74) is 0. The van der Waals surface area contributed by atoms with Crippen molar-refractivity contribution in [3.05, 3.63) is 24.5 Å². The molecule has 0 aromatic carbocycles. The number of hydrogen-bond donors (Lipinski definition) is 0. The maximum Gasteiger partial charge on any atom is 0.219 e. The highest BCUT2D eigenvalue weighted by Gasteiger charge is 2.08. The Kier molecular flexibility index (Phi) is 4.26. The molecule has 0 N–H and O–H groups in total. The van der Waals surface area contributed by atoms with Crippen LogP contribution in [0.15, 0.2) is 24.5 Å². The molecule has 0 amide bonds. The molecule has 0 bridgehead atoms. The van der Waals surface area contributed by atoms with Crippen molar-refractivity contribution in [1.82, 2.24) is 0 Å². The van der Waals surface area contributed by atoms with Crippen molar-refractivity contribution in [3.63, 3.8) is 0 Å². The first-order chi connectivity index (χ1) is 6.33. The molecule has 72 valence electrons. The van der Waals surface area contributed by atoms with Crippen LogP contribution in [0.2, 0.25) is 0 Å². The summed E-state index contributed by atoms with van der Waals surface area (Å²) < 4.78 is 10.5. The summed E-state index contributed by atoms with van der Waals surface area (Å²) in [6, 6.07) is 0. The minimum Gasteiger partial charge on any atom is -0.469 e. The summed E-state index contributed by atoms with van der Waals surface area (Å²) in [5, 5.41) is 0. The zero-order valence-electron chi connectivity index (χ0n) is 7.68. The maximum absolute atomic E-state index is 10.2. The maximum atomic E-state index is 10.2. The quantitative estimate of drug-likeness (QED) is 0.606. The average Bonchev–Trinajstić information content (AvgIpc) is 2.17. The van der Waals surface area contributed by atoms with Crippen LogP contribution in [0.1, 0.15) is 13.3 Å². The zero-order valence-corrected chi connectivity index (χ0v) is 7.68. The lowest BCUT2D eigenvalue weighted by molar-refractivity contribution is -0.111. The fourth-order valence-corrected chi connectivity index (χ4v) is 0.955. The van der Waals surface area contributed by atoms with Crippen molar-refractivity contribution in [2.75, 3.05) is 6.61 Å². The van der Waals surface area contributed by atoms with E-state index in [1.807, 2.05) is 19.1 Å². The molecule has 0 radical (unpaired) electrons. The number of allylic oxidation sites excluding steroid dienone is 2. The Hall–Kier alpha value is -1.09. The van der Waals surface area contributed by atoms with Crippen molar-refractivity contribution in [2.45, 2.75) is 19.6 Å².